The lowest BCUT2D eigenvalue weighted by Crippen LogP contribution is -2.51. The van der Waals surface area contributed by atoms with E-state index in [4.69, 9.17) is 15.5 Å². The van der Waals surface area contributed by atoms with Gasteiger partial charge in [0.15, 0.2) is 5.65 Å². The van der Waals surface area contributed by atoms with E-state index in [0.717, 1.165) is 12.8 Å². The topological polar surface area (TPSA) is 102 Å². The Morgan fingerprint density at radius 1 is 1.00 bits per heavy atom. The van der Waals surface area contributed by atoms with Gasteiger partial charge in [-0.05, 0) is 43.2 Å². The average molecular weight is 506 g/mol. The van der Waals surface area contributed by atoms with Crippen LogP contribution < -0.4 is 10.6 Å². The van der Waals surface area contributed by atoms with Crippen molar-refractivity contribution in [3.8, 4) is 16.9 Å². The molecule has 37 heavy (non-hydrogen) atoms. The van der Waals surface area contributed by atoms with E-state index < -0.39 is 11.6 Å². The second kappa shape index (κ2) is 9.40. The molecule has 190 valence electrons. The number of rotatable bonds is 4. The number of nitrogens with two attached hydrogens (primary N) is 1. The number of aromatic nitrogens is 4. The van der Waals surface area contributed by atoms with E-state index in [1.165, 1.54) is 28.9 Å². The van der Waals surface area contributed by atoms with Gasteiger partial charge in [-0.25, -0.2) is 18.4 Å². The van der Waals surface area contributed by atoms with Crippen molar-refractivity contribution in [2.24, 2.45) is 0 Å². The van der Waals surface area contributed by atoms with Crippen molar-refractivity contribution in [1.82, 2.24) is 24.6 Å². The minimum Gasteiger partial charge on any atom is -0.383 e. The number of piperazine rings is 1. The van der Waals surface area contributed by atoms with Gasteiger partial charge >= 0.3 is 0 Å². The number of hydrogen-bond acceptors (Lipinski definition) is 7. The molecule has 0 spiro atoms. The predicted molar refractivity (Wildman–Crippen MR) is 134 cm³/mol. The van der Waals surface area contributed by atoms with Gasteiger partial charge in [0.1, 0.15) is 23.6 Å². The Balaban J connectivity index is 1.38. The largest absolute Gasteiger partial charge is 0.383 e. The summed E-state index contributed by atoms with van der Waals surface area (Å²) in [7, 11) is 0. The molecule has 6 rings (SSSR count). The molecule has 1 amide bonds. The molecule has 2 N–H and O–H groups in total. The Morgan fingerprint density at radius 2 is 1.76 bits per heavy atom. The number of ether oxygens (including phenoxy) is 1. The second-order valence-electron chi connectivity index (χ2n) is 9.17. The molecular weight excluding hydrogens is 480 g/mol. The molecule has 0 bridgehead atoms. The molecule has 11 heteroatoms. The first-order chi connectivity index (χ1) is 18.0. The number of carbonyl (C=O) groups excluding carboxylic acids is 1. The van der Waals surface area contributed by atoms with E-state index in [1.807, 2.05) is 9.80 Å². The van der Waals surface area contributed by atoms with Gasteiger partial charge in [0, 0.05) is 38.3 Å². The summed E-state index contributed by atoms with van der Waals surface area (Å²) in [5.41, 5.74) is 8.16. The number of benzene rings is 2. The summed E-state index contributed by atoms with van der Waals surface area (Å²) in [6, 6.07) is 12.0. The lowest BCUT2D eigenvalue weighted by molar-refractivity contribution is -0.141. The molecule has 2 fully saturated rings. The molecule has 2 aromatic heterocycles. The number of nitrogens with zero attached hydrogens (tertiary/aromatic N) is 6. The minimum atomic E-state index is -0.427. The summed E-state index contributed by atoms with van der Waals surface area (Å²) in [6.45, 7) is 2.68. The van der Waals surface area contributed by atoms with Crippen LogP contribution in [0.4, 0.5) is 20.5 Å². The number of carbonyl (C=O) groups is 1. The summed E-state index contributed by atoms with van der Waals surface area (Å²) in [5, 5.41) is 5.01. The van der Waals surface area contributed by atoms with Crippen LogP contribution in [0.3, 0.4) is 0 Å². The predicted octanol–water partition coefficient (Wildman–Crippen LogP) is 3.17. The normalized spacial score (nSPS) is 18.1. The highest BCUT2D eigenvalue weighted by atomic mass is 19.1. The zero-order chi connectivity index (χ0) is 25.5. The van der Waals surface area contributed by atoms with Crippen molar-refractivity contribution in [2.75, 3.05) is 43.4 Å². The first-order valence-corrected chi connectivity index (χ1v) is 12.2. The van der Waals surface area contributed by atoms with Crippen LogP contribution in [0.15, 0.2) is 48.5 Å². The average Bonchev–Trinajstić information content (AvgIpc) is 3.56. The third kappa shape index (κ3) is 4.35. The molecule has 1 atom stereocenters. The molecular formula is C26H25F2N7O2. The molecule has 4 aromatic rings. The number of anilines is 2. The number of halogens is 2. The van der Waals surface area contributed by atoms with Gasteiger partial charge < -0.3 is 20.3 Å². The van der Waals surface area contributed by atoms with Gasteiger partial charge in [-0.3, -0.25) is 4.79 Å². The van der Waals surface area contributed by atoms with Gasteiger partial charge in [-0.1, -0.05) is 18.2 Å². The first-order valence-electron chi connectivity index (χ1n) is 12.2. The van der Waals surface area contributed by atoms with Crippen LogP contribution in [0.1, 0.15) is 12.8 Å². The lowest BCUT2D eigenvalue weighted by Gasteiger charge is -2.35. The van der Waals surface area contributed by atoms with Crippen molar-refractivity contribution in [1.29, 1.82) is 0 Å². The number of hydrogen-bond donors (Lipinski definition) is 1. The quantitative estimate of drug-likeness (QED) is 0.455. The molecule has 4 heterocycles. The van der Waals surface area contributed by atoms with Crippen LogP contribution in [0.5, 0.6) is 0 Å². The maximum Gasteiger partial charge on any atom is 0.251 e. The molecule has 0 aliphatic carbocycles. The van der Waals surface area contributed by atoms with E-state index in [2.05, 4.69) is 10.1 Å². The highest BCUT2D eigenvalue weighted by Gasteiger charge is 2.31. The maximum atomic E-state index is 14.2. The number of nitrogen functional groups attached to an aromatic ring is 1. The van der Waals surface area contributed by atoms with Gasteiger partial charge in [-0.15, -0.1) is 5.10 Å². The van der Waals surface area contributed by atoms with Crippen molar-refractivity contribution >= 4 is 28.7 Å². The Hall–Kier alpha value is -4.12. The van der Waals surface area contributed by atoms with E-state index >= 15 is 0 Å². The van der Waals surface area contributed by atoms with E-state index in [9.17, 15) is 13.6 Å². The van der Waals surface area contributed by atoms with E-state index in [-0.39, 0.29) is 17.8 Å². The lowest BCUT2D eigenvalue weighted by atomic mass is 10.1. The van der Waals surface area contributed by atoms with Crippen LogP contribution in [0, 0.1) is 11.6 Å². The highest BCUT2D eigenvalue weighted by molar-refractivity contribution is 5.99. The Kier molecular flexibility index (Phi) is 5.91. The fraction of sp³-hybridized carbons (Fsp3) is 0.308. The molecule has 0 radical (unpaired) electrons. The molecule has 1 unspecified atom stereocenters. The van der Waals surface area contributed by atoms with Crippen molar-refractivity contribution in [3.63, 3.8) is 0 Å². The summed E-state index contributed by atoms with van der Waals surface area (Å²) in [4.78, 5) is 26.0. The highest BCUT2D eigenvalue weighted by Crippen LogP contribution is 2.34. The van der Waals surface area contributed by atoms with Gasteiger partial charge in [0.05, 0.1) is 16.8 Å². The summed E-state index contributed by atoms with van der Waals surface area (Å²) >= 11 is 0. The number of fused-ring (bicyclic) bond motifs is 1. The first kappa shape index (κ1) is 23.3. The monoisotopic (exact) mass is 505 g/mol. The standard InChI is InChI=1S/C26H25F2N7O2/c27-17-5-1-4-16(14-17)22-21-23(29)35(19-7-2-6-18(28)15-19)32-24(21)31-26(30-22)34-11-9-33(10-12-34)25(36)20-8-3-13-37-20/h1-2,4-7,14-15,20H,3,8-13,29H2. The zero-order valence-electron chi connectivity index (χ0n) is 20.0. The third-order valence-corrected chi connectivity index (χ3v) is 6.79. The molecule has 2 saturated heterocycles. The van der Waals surface area contributed by atoms with Gasteiger partial charge in [0.2, 0.25) is 5.95 Å². The summed E-state index contributed by atoms with van der Waals surface area (Å²) in [5.74, 6) is -0.194. The van der Waals surface area contributed by atoms with Crippen LogP contribution >= 0.6 is 0 Å². The summed E-state index contributed by atoms with van der Waals surface area (Å²) < 4.78 is 35.1. The van der Waals surface area contributed by atoms with Gasteiger partial charge in [0.25, 0.3) is 5.91 Å². The molecule has 2 aliphatic heterocycles. The van der Waals surface area contributed by atoms with E-state index in [0.29, 0.717) is 66.7 Å². The van der Waals surface area contributed by atoms with Crippen LogP contribution in [0.2, 0.25) is 0 Å². The second-order valence-corrected chi connectivity index (χ2v) is 9.17. The Morgan fingerprint density at radius 3 is 2.46 bits per heavy atom. The smallest absolute Gasteiger partial charge is 0.251 e. The van der Waals surface area contributed by atoms with Crippen LogP contribution in [0.25, 0.3) is 28.0 Å². The van der Waals surface area contributed by atoms with Crippen molar-refractivity contribution < 1.29 is 18.3 Å². The SMILES string of the molecule is Nc1c2c(-c3cccc(F)c3)nc(N3CCN(C(=O)C4CCCO4)CC3)nc2nn1-c1cccc(F)c1. The van der Waals surface area contributed by atoms with Crippen molar-refractivity contribution in [3.05, 3.63) is 60.2 Å². The molecule has 2 aromatic carbocycles. The fourth-order valence-electron chi connectivity index (χ4n) is 4.89. The van der Waals surface area contributed by atoms with Gasteiger partial charge in [-0.2, -0.15) is 4.98 Å². The number of amides is 1. The van der Waals surface area contributed by atoms with Crippen LogP contribution in [-0.2, 0) is 9.53 Å². The van der Waals surface area contributed by atoms with Crippen molar-refractivity contribution in [2.45, 2.75) is 18.9 Å². The van der Waals surface area contributed by atoms with E-state index in [1.54, 1.807) is 24.3 Å². The molecule has 0 saturated carbocycles. The summed E-state index contributed by atoms with van der Waals surface area (Å²) in [6.07, 6.45) is 1.30. The fourth-order valence-corrected chi connectivity index (χ4v) is 4.89. The third-order valence-electron chi connectivity index (χ3n) is 6.79. The maximum absolute atomic E-state index is 14.2. The van der Waals surface area contributed by atoms with Crippen LogP contribution in [-0.4, -0.2) is 69.4 Å². The Labute approximate surface area is 211 Å². The zero-order valence-corrected chi connectivity index (χ0v) is 20.0. The molecule has 9 nitrogen and oxygen atoms in total. The minimum absolute atomic E-state index is 0.0237. The molecule has 2 aliphatic rings. The Bertz CT molecular complexity index is 1480.